The molecule has 0 saturated heterocycles. The van der Waals surface area contributed by atoms with Crippen LogP contribution in [0.5, 0.6) is 0 Å². The first-order chi connectivity index (χ1) is 10.1. The van der Waals surface area contributed by atoms with Crippen LogP contribution in [-0.4, -0.2) is 29.0 Å². The molecule has 1 aromatic heterocycles. The van der Waals surface area contributed by atoms with Gasteiger partial charge in [0.2, 0.25) is 0 Å². The van der Waals surface area contributed by atoms with E-state index in [1.165, 1.54) is 37.8 Å². The molecule has 114 valence electrons. The summed E-state index contributed by atoms with van der Waals surface area (Å²) in [7, 11) is 0. The fourth-order valence-electron chi connectivity index (χ4n) is 3.45. The van der Waals surface area contributed by atoms with Gasteiger partial charge < -0.3 is 0 Å². The summed E-state index contributed by atoms with van der Waals surface area (Å²) in [5, 5.41) is 3.73. The van der Waals surface area contributed by atoms with Gasteiger partial charge in [0, 0.05) is 0 Å². The Balaban J connectivity index is 1.64. The van der Waals surface area contributed by atoms with Crippen LogP contribution in [0, 0.1) is 11.3 Å². The molecule has 21 heavy (non-hydrogen) atoms. The number of benzene rings is 1. The number of fused-ring (bicyclic) bond motifs is 1. The van der Waals surface area contributed by atoms with E-state index < -0.39 is 0 Å². The van der Waals surface area contributed by atoms with Gasteiger partial charge in [-0.1, -0.05) is 0 Å². The summed E-state index contributed by atoms with van der Waals surface area (Å²) < 4.78 is 9.03. The minimum atomic E-state index is 0.0585. The predicted molar refractivity (Wildman–Crippen MR) is 89.9 cm³/mol. The molecule has 0 unspecified atom stereocenters. The van der Waals surface area contributed by atoms with Gasteiger partial charge in [0.25, 0.3) is 0 Å². The van der Waals surface area contributed by atoms with Crippen molar-refractivity contribution in [1.82, 2.24) is 7.96 Å². The number of hydrogen-bond donors (Lipinski definition) is 1. The number of rotatable bonds is 4. The van der Waals surface area contributed by atoms with Crippen LogP contribution in [0.4, 0.5) is 5.69 Å². The van der Waals surface area contributed by atoms with E-state index in [2.05, 4.69) is 52.2 Å². The topological polar surface area (TPSA) is 37.8 Å². The van der Waals surface area contributed by atoms with E-state index in [4.69, 9.17) is 0 Å². The van der Waals surface area contributed by atoms with Crippen molar-refractivity contribution >= 4 is 31.7 Å². The molecule has 0 radical (unpaired) electrons. The molecule has 0 amide bonds. The first kappa shape index (κ1) is 15.1. The van der Waals surface area contributed by atoms with Gasteiger partial charge in [-0.05, 0) is 0 Å². The second-order valence-electron chi connectivity index (χ2n) is 6.97. The molecule has 2 aromatic rings. The maximum absolute atomic E-state index is 4.57. The maximum atomic E-state index is 4.57. The molecular weight excluding hydrogens is 325 g/mol. The van der Waals surface area contributed by atoms with Crippen LogP contribution in [0.25, 0.3) is 11.0 Å². The molecule has 1 N–H and O–H groups in total. The van der Waals surface area contributed by atoms with E-state index in [1.54, 1.807) is 0 Å². The molecule has 0 spiro atoms. The second-order valence-corrected chi connectivity index (χ2v) is 8.08. The summed E-state index contributed by atoms with van der Waals surface area (Å²) in [6.07, 6.45) is 6.53. The van der Waals surface area contributed by atoms with Gasteiger partial charge in [-0.3, -0.25) is 0 Å². The summed E-state index contributed by atoms with van der Waals surface area (Å²) in [5.74, 6) is 0.880. The molecule has 3 rings (SSSR count). The van der Waals surface area contributed by atoms with Crippen molar-refractivity contribution in [3.05, 3.63) is 18.2 Å². The Morgan fingerprint density at radius 1 is 1.19 bits per heavy atom. The van der Waals surface area contributed by atoms with Crippen molar-refractivity contribution in [3.8, 4) is 0 Å². The quantitative estimate of drug-likeness (QED) is 0.844. The zero-order valence-electron chi connectivity index (χ0n) is 13.2. The average molecular weight is 350 g/mol. The third-order valence-electron chi connectivity index (χ3n) is 5.39. The molecule has 1 heterocycles. The van der Waals surface area contributed by atoms with Gasteiger partial charge >= 0.3 is 133 Å². The van der Waals surface area contributed by atoms with Crippen molar-refractivity contribution in [2.45, 2.75) is 58.9 Å². The first-order valence-corrected chi connectivity index (χ1v) is 9.61. The molecule has 3 nitrogen and oxygen atoms in total. The minimum absolute atomic E-state index is 0.0585. The third kappa shape index (κ3) is 3.17. The Bertz CT molecular complexity index is 597. The van der Waals surface area contributed by atoms with Gasteiger partial charge in [-0.25, -0.2) is 0 Å². The van der Waals surface area contributed by atoms with Gasteiger partial charge in [0.05, 0.1) is 0 Å². The Morgan fingerprint density at radius 3 is 2.67 bits per heavy atom. The molecule has 4 heteroatoms. The van der Waals surface area contributed by atoms with Crippen molar-refractivity contribution < 1.29 is 0 Å². The molecule has 0 aliphatic heterocycles. The predicted octanol–water partition coefficient (Wildman–Crippen LogP) is 4.09. The number of anilines is 1. The van der Waals surface area contributed by atoms with Crippen LogP contribution in [0.1, 0.15) is 52.9 Å². The van der Waals surface area contributed by atoms with E-state index in [-0.39, 0.29) is 15.0 Å². The summed E-state index contributed by atoms with van der Waals surface area (Å²) in [6.45, 7) is 7.18. The SMILES string of the molecule is CCC(C)(C)C1CCC(Nc2cccc3n[se]nc23)CC1. The van der Waals surface area contributed by atoms with Crippen molar-refractivity contribution in [1.29, 1.82) is 0 Å². The van der Waals surface area contributed by atoms with Crippen molar-refractivity contribution in [2.24, 2.45) is 11.3 Å². The molecule has 1 fully saturated rings. The number of nitrogens with zero attached hydrogens (tertiary/aromatic N) is 2. The number of hydrogen-bond acceptors (Lipinski definition) is 3. The van der Waals surface area contributed by atoms with Crippen molar-refractivity contribution in [2.75, 3.05) is 5.32 Å². The van der Waals surface area contributed by atoms with Crippen LogP contribution >= 0.6 is 0 Å². The zero-order valence-corrected chi connectivity index (χ0v) is 14.9. The summed E-state index contributed by atoms with van der Waals surface area (Å²) >= 11 is 0.0585. The van der Waals surface area contributed by atoms with E-state index in [0.29, 0.717) is 11.5 Å². The van der Waals surface area contributed by atoms with E-state index in [1.807, 2.05) is 0 Å². The Kier molecular flexibility index (Phi) is 4.37. The summed E-state index contributed by atoms with van der Waals surface area (Å²) in [5.41, 5.74) is 3.85. The van der Waals surface area contributed by atoms with Crippen LogP contribution in [0.15, 0.2) is 18.2 Å². The first-order valence-electron chi connectivity index (χ1n) is 8.08. The van der Waals surface area contributed by atoms with Gasteiger partial charge in [0.15, 0.2) is 0 Å². The van der Waals surface area contributed by atoms with Crippen molar-refractivity contribution in [3.63, 3.8) is 0 Å². The van der Waals surface area contributed by atoms with E-state index in [9.17, 15) is 0 Å². The molecule has 1 aliphatic carbocycles. The normalized spacial score (nSPS) is 23.4. The van der Waals surface area contributed by atoms with Crippen LogP contribution in [0.3, 0.4) is 0 Å². The van der Waals surface area contributed by atoms with Crippen LogP contribution in [0.2, 0.25) is 0 Å². The standard InChI is InChI=1S/C17H25N3Se/c1-4-17(2,3)12-8-10-13(11-9-12)18-14-6-5-7-15-16(14)20-21-19-15/h5-7,12-13,18H,4,8-11H2,1-3H3. The van der Waals surface area contributed by atoms with Gasteiger partial charge in [-0.2, -0.15) is 0 Å². The Morgan fingerprint density at radius 2 is 1.95 bits per heavy atom. The Labute approximate surface area is 133 Å². The molecule has 1 saturated carbocycles. The van der Waals surface area contributed by atoms with Gasteiger partial charge in [-0.15, -0.1) is 0 Å². The molecule has 0 atom stereocenters. The summed E-state index contributed by atoms with van der Waals surface area (Å²) in [6, 6.07) is 6.91. The van der Waals surface area contributed by atoms with E-state index >= 15 is 0 Å². The van der Waals surface area contributed by atoms with E-state index in [0.717, 1.165) is 17.0 Å². The Hall–Kier alpha value is -0.861. The molecule has 1 aliphatic rings. The number of aromatic nitrogens is 2. The third-order valence-corrected chi connectivity index (χ3v) is 6.53. The zero-order chi connectivity index (χ0) is 14.9. The summed E-state index contributed by atoms with van der Waals surface area (Å²) in [4.78, 5) is 0. The average Bonchev–Trinajstić information content (AvgIpc) is 2.97. The number of nitrogens with one attached hydrogen (secondary N) is 1. The van der Waals surface area contributed by atoms with Crippen LogP contribution in [-0.2, 0) is 0 Å². The van der Waals surface area contributed by atoms with Gasteiger partial charge in [0.1, 0.15) is 0 Å². The fourth-order valence-corrected chi connectivity index (χ4v) is 4.60. The molecule has 0 bridgehead atoms. The fraction of sp³-hybridized carbons (Fsp3) is 0.647. The second kappa shape index (κ2) is 6.10. The molecular formula is C17H25N3Se. The van der Waals surface area contributed by atoms with Crippen LogP contribution < -0.4 is 5.32 Å². The molecule has 1 aromatic carbocycles. The monoisotopic (exact) mass is 351 g/mol.